The Kier molecular flexibility index (Phi) is 6.01. The number of piperidine rings is 1. The molecule has 4 rings (SSSR count). The number of carboxylic acids is 1. The van der Waals surface area contributed by atoms with Gasteiger partial charge in [0, 0.05) is 48.5 Å². The van der Waals surface area contributed by atoms with E-state index in [-0.39, 0.29) is 40.8 Å². The predicted octanol–water partition coefficient (Wildman–Crippen LogP) is 0.0564. The molecule has 0 aliphatic carbocycles. The van der Waals surface area contributed by atoms with Crippen molar-refractivity contribution in [3.05, 3.63) is 10.6 Å². The Labute approximate surface area is 184 Å². The normalized spacial score (nSPS) is 34.0. The second-order valence-electron chi connectivity index (χ2n) is 8.70. The van der Waals surface area contributed by atoms with Crippen molar-refractivity contribution in [2.24, 2.45) is 17.0 Å². The lowest BCUT2D eigenvalue weighted by molar-refractivity contribution is -0.163. The number of carbonyl (C=O) groups is 3. The Morgan fingerprint density at radius 2 is 1.97 bits per heavy atom. The van der Waals surface area contributed by atoms with E-state index in [9.17, 15) is 24.6 Å². The van der Waals surface area contributed by atoms with Gasteiger partial charge in [-0.3, -0.25) is 9.59 Å². The highest BCUT2D eigenvalue weighted by molar-refractivity contribution is 8.03. The van der Waals surface area contributed by atoms with Crippen LogP contribution in [0, 0.1) is 11.8 Å². The third kappa shape index (κ3) is 3.72. The quantitative estimate of drug-likeness (QED) is 0.260. The van der Waals surface area contributed by atoms with E-state index in [0.29, 0.717) is 49.5 Å². The molecule has 3 fully saturated rings. The van der Waals surface area contributed by atoms with E-state index in [4.69, 9.17) is 5.21 Å². The van der Waals surface area contributed by atoms with E-state index in [2.05, 4.69) is 10.5 Å². The van der Waals surface area contributed by atoms with Crippen LogP contribution in [-0.4, -0.2) is 91.8 Å². The maximum Gasteiger partial charge on any atom is 0.353 e. The third-order valence-electron chi connectivity index (χ3n) is 6.79. The van der Waals surface area contributed by atoms with Gasteiger partial charge in [0.05, 0.1) is 29.8 Å². The molecule has 0 spiro atoms. The van der Waals surface area contributed by atoms with E-state index in [0.717, 1.165) is 0 Å². The SMILES string of the molecule is C[C@@H](O)[C@H]1C(=O)N2C(C(=O)O)=C(S[C@@H]3CN[C@H](C(=O)N4CCC(=NO)CC4)C3)[C@H](C)[C@H]12. The summed E-state index contributed by atoms with van der Waals surface area (Å²) in [4.78, 5) is 41.0. The molecule has 31 heavy (non-hydrogen) atoms. The van der Waals surface area contributed by atoms with Gasteiger partial charge in [-0.25, -0.2) is 4.79 Å². The number of fused-ring (bicyclic) bond motifs is 1. The second-order valence-corrected chi connectivity index (χ2v) is 10.0. The van der Waals surface area contributed by atoms with Crippen LogP contribution in [0.15, 0.2) is 15.8 Å². The molecule has 3 saturated heterocycles. The Bertz CT molecular complexity index is 849. The fraction of sp³-hybridized carbons (Fsp3) is 0.700. The maximum atomic E-state index is 12.9. The van der Waals surface area contributed by atoms with Crippen molar-refractivity contribution >= 4 is 35.3 Å². The lowest BCUT2D eigenvalue weighted by Gasteiger charge is -2.46. The summed E-state index contributed by atoms with van der Waals surface area (Å²) in [6.45, 7) is 5.08. The first-order valence-electron chi connectivity index (χ1n) is 10.6. The zero-order valence-corrected chi connectivity index (χ0v) is 18.3. The van der Waals surface area contributed by atoms with E-state index < -0.39 is 18.0 Å². The highest BCUT2D eigenvalue weighted by Crippen LogP contribution is 2.51. The van der Waals surface area contributed by atoms with E-state index >= 15 is 0 Å². The highest BCUT2D eigenvalue weighted by atomic mass is 32.2. The third-order valence-corrected chi connectivity index (χ3v) is 8.30. The van der Waals surface area contributed by atoms with E-state index in [1.54, 1.807) is 11.8 Å². The summed E-state index contributed by atoms with van der Waals surface area (Å²) in [5.74, 6) is -2.22. The Hall–Kier alpha value is -2.11. The van der Waals surface area contributed by atoms with Crippen LogP contribution < -0.4 is 5.32 Å². The van der Waals surface area contributed by atoms with Gasteiger partial charge in [-0.15, -0.1) is 11.8 Å². The minimum Gasteiger partial charge on any atom is -0.477 e. The van der Waals surface area contributed by atoms with E-state index in [1.165, 1.54) is 16.7 Å². The largest absolute Gasteiger partial charge is 0.477 e. The zero-order chi connectivity index (χ0) is 22.4. The number of amides is 2. The highest BCUT2D eigenvalue weighted by Gasteiger charge is 2.60. The van der Waals surface area contributed by atoms with Gasteiger partial charge in [0.25, 0.3) is 0 Å². The number of nitrogens with one attached hydrogen (secondary N) is 1. The fourth-order valence-electron chi connectivity index (χ4n) is 5.15. The predicted molar refractivity (Wildman–Crippen MR) is 112 cm³/mol. The minimum atomic E-state index is -1.14. The molecule has 0 aromatic rings. The van der Waals surface area contributed by atoms with Crippen molar-refractivity contribution in [3.63, 3.8) is 0 Å². The minimum absolute atomic E-state index is 0.0129. The average Bonchev–Trinajstić information content (AvgIpc) is 3.29. The molecule has 0 bridgehead atoms. The van der Waals surface area contributed by atoms with Crippen molar-refractivity contribution in [2.75, 3.05) is 19.6 Å². The Balaban J connectivity index is 1.42. The van der Waals surface area contributed by atoms with Crippen LogP contribution in [-0.2, 0) is 14.4 Å². The monoisotopic (exact) mass is 452 g/mol. The van der Waals surface area contributed by atoms with Crippen LogP contribution in [0.3, 0.4) is 0 Å². The van der Waals surface area contributed by atoms with Gasteiger partial charge in [-0.05, 0) is 13.3 Å². The summed E-state index contributed by atoms with van der Waals surface area (Å²) in [6, 6.07) is -0.664. The lowest BCUT2D eigenvalue weighted by Crippen LogP contribution is -2.63. The van der Waals surface area contributed by atoms with Crippen molar-refractivity contribution in [1.82, 2.24) is 15.1 Å². The smallest absolute Gasteiger partial charge is 0.353 e. The van der Waals surface area contributed by atoms with Gasteiger partial charge in [-0.2, -0.15) is 0 Å². The molecular weight excluding hydrogens is 424 g/mol. The molecule has 11 heteroatoms. The number of aliphatic hydroxyl groups excluding tert-OH is 1. The number of oxime groups is 1. The summed E-state index contributed by atoms with van der Waals surface area (Å²) >= 11 is 1.43. The molecule has 4 N–H and O–H groups in total. The molecule has 6 atom stereocenters. The van der Waals surface area contributed by atoms with Gasteiger partial charge < -0.3 is 30.5 Å². The summed E-state index contributed by atoms with van der Waals surface area (Å²) < 4.78 is 0. The first-order valence-corrected chi connectivity index (χ1v) is 11.5. The molecular formula is C20H28N4O6S. The van der Waals surface area contributed by atoms with Gasteiger partial charge in [0.15, 0.2) is 0 Å². The maximum absolute atomic E-state index is 12.9. The molecule has 10 nitrogen and oxygen atoms in total. The van der Waals surface area contributed by atoms with Gasteiger partial charge in [0.2, 0.25) is 11.8 Å². The zero-order valence-electron chi connectivity index (χ0n) is 17.5. The van der Waals surface area contributed by atoms with Crippen LogP contribution in [0.2, 0.25) is 0 Å². The molecule has 4 heterocycles. The number of hydrogen-bond donors (Lipinski definition) is 4. The van der Waals surface area contributed by atoms with Crippen LogP contribution in [0.25, 0.3) is 0 Å². The molecule has 0 saturated carbocycles. The number of aliphatic hydroxyl groups is 1. The number of rotatable bonds is 5. The Morgan fingerprint density at radius 1 is 1.29 bits per heavy atom. The lowest BCUT2D eigenvalue weighted by atomic mass is 9.79. The number of hydrogen-bond acceptors (Lipinski definition) is 8. The van der Waals surface area contributed by atoms with Crippen LogP contribution in [0.1, 0.15) is 33.1 Å². The standard InChI is InChI=1S/C20H28N4O6S/c1-9-15-14(10(2)25)19(27)24(15)16(20(28)29)17(9)31-12-7-13(21-8-12)18(26)23-5-3-11(22-30)4-6-23/h9-10,12-15,21,25,30H,3-8H2,1-2H3,(H,28,29)/t9-,10-,12+,13+,14-,15-/m1/s1. The number of carbonyl (C=O) groups excluding carboxylic acids is 2. The molecule has 0 unspecified atom stereocenters. The van der Waals surface area contributed by atoms with Crippen molar-refractivity contribution in [1.29, 1.82) is 0 Å². The molecule has 0 radical (unpaired) electrons. The second kappa shape index (κ2) is 8.44. The molecule has 2 amide bonds. The Morgan fingerprint density at radius 3 is 2.55 bits per heavy atom. The number of β-lactam (4-membered cyclic amide) rings is 1. The number of aliphatic carboxylic acids is 1. The van der Waals surface area contributed by atoms with Gasteiger partial charge >= 0.3 is 5.97 Å². The molecule has 170 valence electrons. The summed E-state index contributed by atoms with van der Waals surface area (Å²) in [5, 5.41) is 35.1. The van der Waals surface area contributed by atoms with Crippen LogP contribution >= 0.6 is 11.8 Å². The van der Waals surface area contributed by atoms with Crippen molar-refractivity contribution in [2.45, 2.75) is 56.5 Å². The molecule has 4 aliphatic heterocycles. The number of thioether (sulfide) groups is 1. The number of likely N-dealkylation sites (tertiary alicyclic amines) is 1. The topological polar surface area (TPSA) is 143 Å². The molecule has 4 aliphatic rings. The average molecular weight is 453 g/mol. The summed E-state index contributed by atoms with van der Waals surface area (Å²) in [5.41, 5.74) is 0.723. The van der Waals surface area contributed by atoms with Crippen molar-refractivity contribution in [3.8, 4) is 0 Å². The van der Waals surface area contributed by atoms with Gasteiger partial charge in [-0.1, -0.05) is 12.1 Å². The first kappa shape index (κ1) is 22.1. The number of carboxylic acid groups (broad SMARTS) is 1. The molecule has 0 aromatic heterocycles. The van der Waals surface area contributed by atoms with Gasteiger partial charge in [0.1, 0.15) is 5.70 Å². The van der Waals surface area contributed by atoms with Crippen LogP contribution in [0.4, 0.5) is 0 Å². The summed E-state index contributed by atoms with van der Waals surface area (Å²) in [6.07, 6.45) is 0.874. The first-order chi connectivity index (χ1) is 14.7. The van der Waals surface area contributed by atoms with Crippen molar-refractivity contribution < 1.29 is 29.8 Å². The summed E-state index contributed by atoms with van der Waals surface area (Å²) in [7, 11) is 0. The molecule has 0 aromatic carbocycles. The fourth-order valence-corrected chi connectivity index (χ4v) is 6.62. The number of nitrogens with zero attached hydrogens (tertiary/aromatic N) is 3. The van der Waals surface area contributed by atoms with E-state index in [1.807, 2.05) is 6.92 Å². The van der Waals surface area contributed by atoms with Crippen LogP contribution in [0.5, 0.6) is 0 Å².